The normalized spacial score (nSPS) is 12.0. The maximum atomic E-state index is 11.9. The predicted octanol–water partition coefficient (Wildman–Crippen LogP) is 2.84. The third kappa shape index (κ3) is 6.92. The van der Waals surface area contributed by atoms with E-state index in [1.54, 1.807) is 6.07 Å². The molecule has 0 aliphatic heterocycles. The van der Waals surface area contributed by atoms with Crippen LogP contribution in [0.4, 0.5) is 0 Å². The highest BCUT2D eigenvalue weighted by molar-refractivity contribution is 6.31. The molecule has 0 unspecified atom stereocenters. The van der Waals surface area contributed by atoms with Gasteiger partial charge in [-0.05, 0) is 43.0 Å². The minimum Gasteiger partial charge on any atom is -0.482 e. The molecule has 6 nitrogen and oxygen atoms in total. The smallest absolute Gasteiger partial charge is 0.344 e. The van der Waals surface area contributed by atoms with E-state index >= 15 is 0 Å². The Morgan fingerprint density at radius 2 is 1.92 bits per heavy atom. The minimum absolute atomic E-state index is 0.189. The number of hydrogen-bond acceptors (Lipinski definition) is 5. The van der Waals surface area contributed by atoms with Crippen LogP contribution in [-0.4, -0.2) is 44.8 Å². The number of halogens is 1. The van der Waals surface area contributed by atoms with E-state index in [0.29, 0.717) is 23.9 Å². The van der Waals surface area contributed by atoms with Crippen LogP contribution in [0, 0.1) is 6.92 Å². The molecule has 0 saturated carbocycles. The molecule has 0 heterocycles. The zero-order chi connectivity index (χ0) is 19.0. The van der Waals surface area contributed by atoms with E-state index in [1.165, 1.54) is 14.0 Å². The highest BCUT2D eigenvalue weighted by atomic mass is 35.5. The Morgan fingerprint density at radius 3 is 2.52 bits per heavy atom. The number of carbonyl (C=O) groups is 2. The van der Waals surface area contributed by atoms with Crippen molar-refractivity contribution in [3.8, 4) is 5.75 Å². The van der Waals surface area contributed by atoms with Gasteiger partial charge in [0.05, 0.1) is 6.61 Å². The monoisotopic (exact) mass is 371 g/mol. The second-order valence-electron chi connectivity index (χ2n) is 6.00. The van der Waals surface area contributed by atoms with Crippen molar-refractivity contribution in [2.45, 2.75) is 39.7 Å². The van der Waals surface area contributed by atoms with Gasteiger partial charge in [0.25, 0.3) is 5.91 Å². The molecule has 0 saturated heterocycles. The van der Waals surface area contributed by atoms with E-state index in [2.05, 4.69) is 5.32 Å². The van der Waals surface area contributed by atoms with E-state index in [-0.39, 0.29) is 18.4 Å². The van der Waals surface area contributed by atoms with Crippen molar-refractivity contribution >= 4 is 23.5 Å². The molecule has 140 valence electrons. The van der Waals surface area contributed by atoms with E-state index < -0.39 is 12.1 Å². The molecule has 0 bridgehead atoms. The third-order valence-corrected chi connectivity index (χ3v) is 3.95. The molecule has 1 aromatic carbocycles. The highest BCUT2D eigenvalue weighted by Crippen LogP contribution is 2.31. The number of esters is 1. The minimum atomic E-state index is -0.899. The molecule has 7 heteroatoms. The highest BCUT2D eigenvalue weighted by Gasteiger charge is 2.18. The van der Waals surface area contributed by atoms with Crippen LogP contribution in [0.3, 0.4) is 0 Å². The first kappa shape index (κ1) is 21.3. The number of nitrogens with one attached hydrogen (secondary N) is 1. The predicted molar refractivity (Wildman–Crippen MR) is 96.2 cm³/mol. The molecule has 1 rings (SSSR count). The number of amides is 1. The summed E-state index contributed by atoms with van der Waals surface area (Å²) in [6.07, 6.45) is -0.899. The average Bonchev–Trinajstić information content (AvgIpc) is 2.55. The molecule has 0 radical (unpaired) electrons. The standard InChI is InChI=1S/C18H26ClNO5/c1-11(2)14-9-15(19)12(3)8-16(14)24-10-17(21)25-13(4)18(22)20-6-7-23-5/h8-9,11,13H,6-7,10H2,1-5H3,(H,20,22)/t13-/m1/s1. The molecular formula is C18H26ClNO5. The van der Waals surface area contributed by atoms with E-state index in [1.807, 2.05) is 26.8 Å². The maximum absolute atomic E-state index is 11.9. The lowest BCUT2D eigenvalue weighted by molar-refractivity contribution is -0.156. The fraction of sp³-hybridized carbons (Fsp3) is 0.556. The number of ether oxygens (including phenoxy) is 3. The van der Waals surface area contributed by atoms with Crippen molar-refractivity contribution < 1.29 is 23.8 Å². The van der Waals surface area contributed by atoms with Gasteiger partial charge < -0.3 is 19.5 Å². The van der Waals surface area contributed by atoms with Crippen LogP contribution in [0.1, 0.15) is 37.8 Å². The number of carbonyl (C=O) groups excluding carboxylic acids is 2. The second kappa shape index (κ2) is 10.3. The molecule has 0 aliphatic rings. The Bertz CT molecular complexity index is 603. The number of methoxy groups -OCH3 is 1. The average molecular weight is 372 g/mol. The van der Waals surface area contributed by atoms with Gasteiger partial charge in [-0.15, -0.1) is 0 Å². The van der Waals surface area contributed by atoms with Crippen LogP contribution < -0.4 is 10.1 Å². The summed E-state index contributed by atoms with van der Waals surface area (Å²) in [4.78, 5) is 23.7. The van der Waals surface area contributed by atoms with Crippen molar-refractivity contribution in [1.29, 1.82) is 0 Å². The summed E-state index contributed by atoms with van der Waals surface area (Å²) in [6.45, 7) is 7.86. The van der Waals surface area contributed by atoms with Gasteiger partial charge in [-0.2, -0.15) is 0 Å². The maximum Gasteiger partial charge on any atom is 0.344 e. The zero-order valence-electron chi connectivity index (χ0n) is 15.3. The zero-order valence-corrected chi connectivity index (χ0v) is 16.1. The molecule has 0 spiro atoms. The summed E-state index contributed by atoms with van der Waals surface area (Å²) in [7, 11) is 1.54. The second-order valence-corrected chi connectivity index (χ2v) is 6.41. The first-order valence-corrected chi connectivity index (χ1v) is 8.53. The van der Waals surface area contributed by atoms with Gasteiger partial charge in [0.2, 0.25) is 0 Å². The molecule has 0 fully saturated rings. The van der Waals surface area contributed by atoms with Crippen LogP contribution in [0.5, 0.6) is 5.75 Å². The van der Waals surface area contributed by atoms with Crippen LogP contribution in [0.15, 0.2) is 12.1 Å². The van der Waals surface area contributed by atoms with Crippen molar-refractivity contribution in [3.63, 3.8) is 0 Å². The summed E-state index contributed by atoms with van der Waals surface area (Å²) >= 11 is 6.15. The first-order chi connectivity index (χ1) is 11.8. The molecule has 1 N–H and O–H groups in total. The lowest BCUT2D eigenvalue weighted by Gasteiger charge is -2.17. The Morgan fingerprint density at radius 1 is 1.24 bits per heavy atom. The summed E-state index contributed by atoms with van der Waals surface area (Å²) in [5.74, 6) is -0.215. The van der Waals surface area contributed by atoms with Gasteiger partial charge in [-0.25, -0.2) is 4.79 Å². The number of hydrogen-bond donors (Lipinski definition) is 1. The fourth-order valence-corrected chi connectivity index (χ4v) is 2.26. The van der Waals surface area contributed by atoms with Crippen molar-refractivity contribution in [2.75, 3.05) is 26.9 Å². The topological polar surface area (TPSA) is 73.9 Å². The first-order valence-electron chi connectivity index (χ1n) is 8.15. The van der Waals surface area contributed by atoms with E-state index in [4.69, 9.17) is 25.8 Å². The molecule has 25 heavy (non-hydrogen) atoms. The molecule has 0 aromatic heterocycles. The van der Waals surface area contributed by atoms with Crippen molar-refractivity contribution in [1.82, 2.24) is 5.32 Å². The molecule has 0 aliphatic carbocycles. The lowest BCUT2D eigenvalue weighted by Crippen LogP contribution is -2.38. The number of benzene rings is 1. The van der Waals surface area contributed by atoms with Gasteiger partial charge in [0, 0.05) is 18.7 Å². The van der Waals surface area contributed by atoms with Gasteiger partial charge in [0.1, 0.15) is 5.75 Å². The van der Waals surface area contributed by atoms with E-state index in [9.17, 15) is 9.59 Å². The van der Waals surface area contributed by atoms with Crippen LogP contribution in [-0.2, 0) is 19.1 Å². The van der Waals surface area contributed by atoms with Crippen LogP contribution >= 0.6 is 11.6 Å². The Balaban J connectivity index is 2.59. The van der Waals surface area contributed by atoms with Crippen molar-refractivity contribution in [2.24, 2.45) is 0 Å². The molecular weight excluding hydrogens is 346 g/mol. The largest absolute Gasteiger partial charge is 0.482 e. The van der Waals surface area contributed by atoms with Crippen molar-refractivity contribution in [3.05, 3.63) is 28.3 Å². The fourth-order valence-electron chi connectivity index (χ4n) is 2.09. The Hall–Kier alpha value is -1.79. The summed E-state index contributed by atoms with van der Waals surface area (Å²) in [5, 5.41) is 3.26. The number of aryl methyl sites for hydroxylation is 1. The lowest BCUT2D eigenvalue weighted by atomic mass is 10.0. The van der Waals surface area contributed by atoms with Gasteiger partial charge in [-0.1, -0.05) is 25.4 Å². The summed E-state index contributed by atoms with van der Waals surface area (Å²) in [6, 6.07) is 3.64. The SMILES string of the molecule is COCCNC(=O)[C@@H](C)OC(=O)COc1cc(C)c(Cl)cc1C(C)C. The van der Waals surface area contributed by atoms with Crippen LogP contribution in [0.25, 0.3) is 0 Å². The Labute approximate surface area is 153 Å². The van der Waals surface area contributed by atoms with Gasteiger partial charge in [0.15, 0.2) is 12.7 Å². The number of rotatable bonds is 9. The molecule has 1 amide bonds. The Kier molecular flexibility index (Phi) is 8.72. The molecule has 1 aromatic rings. The van der Waals surface area contributed by atoms with E-state index in [0.717, 1.165) is 11.1 Å². The van der Waals surface area contributed by atoms with Gasteiger partial charge >= 0.3 is 5.97 Å². The third-order valence-electron chi connectivity index (χ3n) is 3.54. The summed E-state index contributed by atoms with van der Waals surface area (Å²) in [5.41, 5.74) is 1.77. The van der Waals surface area contributed by atoms with Crippen LogP contribution in [0.2, 0.25) is 5.02 Å². The quantitative estimate of drug-likeness (QED) is 0.533. The summed E-state index contributed by atoms with van der Waals surface area (Å²) < 4.78 is 15.5. The van der Waals surface area contributed by atoms with Gasteiger partial charge in [-0.3, -0.25) is 4.79 Å². The molecule has 1 atom stereocenters.